The summed E-state index contributed by atoms with van der Waals surface area (Å²) in [4.78, 5) is 40.1. The molecular weight excluding hydrogens is 330 g/mol. The molecule has 3 rings (SSSR count). The van der Waals surface area contributed by atoms with E-state index < -0.39 is 0 Å². The molecule has 3 amide bonds. The van der Waals surface area contributed by atoms with Crippen LogP contribution < -0.4 is 10.2 Å². The first-order valence-corrected chi connectivity index (χ1v) is 9.49. The fourth-order valence-electron chi connectivity index (χ4n) is 3.78. The van der Waals surface area contributed by atoms with Gasteiger partial charge in [-0.2, -0.15) is 0 Å². The highest BCUT2D eigenvalue weighted by atomic mass is 16.2. The van der Waals surface area contributed by atoms with Gasteiger partial charge in [-0.15, -0.1) is 0 Å². The first-order chi connectivity index (χ1) is 12.5. The van der Waals surface area contributed by atoms with Crippen LogP contribution in [-0.4, -0.2) is 48.8 Å². The molecule has 2 aliphatic rings. The molecule has 0 aliphatic carbocycles. The summed E-state index contributed by atoms with van der Waals surface area (Å²) >= 11 is 0. The van der Waals surface area contributed by atoms with E-state index in [0.29, 0.717) is 44.6 Å². The van der Waals surface area contributed by atoms with Gasteiger partial charge in [0.1, 0.15) is 0 Å². The van der Waals surface area contributed by atoms with Gasteiger partial charge in [0.15, 0.2) is 0 Å². The van der Waals surface area contributed by atoms with Crippen molar-refractivity contribution in [2.24, 2.45) is 5.92 Å². The van der Waals surface area contributed by atoms with Crippen LogP contribution in [0, 0.1) is 5.92 Å². The van der Waals surface area contributed by atoms with Crippen molar-refractivity contribution in [1.29, 1.82) is 0 Å². The zero-order valence-corrected chi connectivity index (χ0v) is 15.6. The molecular formula is C20H27N3O3. The van der Waals surface area contributed by atoms with Crippen LogP contribution in [0.25, 0.3) is 0 Å². The number of benzene rings is 1. The Morgan fingerprint density at radius 1 is 1.15 bits per heavy atom. The van der Waals surface area contributed by atoms with Crippen molar-refractivity contribution in [2.45, 2.75) is 39.5 Å². The lowest BCUT2D eigenvalue weighted by Crippen LogP contribution is -2.43. The van der Waals surface area contributed by atoms with Crippen molar-refractivity contribution in [3.63, 3.8) is 0 Å². The number of rotatable bonds is 4. The maximum Gasteiger partial charge on any atom is 0.253 e. The van der Waals surface area contributed by atoms with E-state index in [2.05, 4.69) is 5.32 Å². The molecule has 0 bridgehead atoms. The molecule has 26 heavy (non-hydrogen) atoms. The number of anilines is 1. The third kappa shape index (κ3) is 3.74. The molecule has 2 aliphatic heterocycles. The number of nitrogens with one attached hydrogen (secondary N) is 1. The molecule has 0 unspecified atom stereocenters. The molecule has 140 valence electrons. The van der Waals surface area contributed by atoms with Crippen molar-refractivity contribution in [3.05, 3.63) is 29.3 Å². The van der Waals surface area contributed by atoms with Crippen LogP contribution in [0.1, 0.15) is 49.0 Å². The Morgan fingerprint density at radius 3 is 2.54 bits per heavy atom. The molecule has 0 spiro atoms. The topological polar surface area (TPSA) is 69.7 Å². The van der Waals surface area contributed by atoms with Gasteiger partial charge in [0.25, 0.3) is 5.91 Å². The van der Waals surface area contributed by atoms with Crippen molar-refractivity contribution in [3.8, 4) is 0 Å². The first-order valence-electron chi connectivity index (χ1n) is 9.49. The highest BCUT2D eigenvalue weighted by Crippen LogP contribution is 2.29. The summed E-state index contributed by atoms with van der Waals surface area (Å²) in [5.41, 5.74) is 2.64. The molecule has 1 fully saturated rings. The number of carbonyl (C=O) groups is 3. The van der Waals surface area contributed by atoms with Gasteiger partial charge in [-0.25, -0.2) is 0 Å². The normalized spacial score (nSPS) is 17.2. The Labute approximate surface area is 154 Å². The Kier molecular flexibility index (Phi) is 5.59. The maximum atomic E-state index is 12.8. The Bertz CT molecular complexity index is 708. The molecule has 0 saturated carbocycles. The summed E-state index contributed by atoms with van der Waals surface area (Å²) in [6.45, 7) is 6.22. The van der Waals surface area contributed by atoms with Gasteiger partial charge in [0, 0.05) is 50.3 Å². The number of nitrogens with zero attached hydrogens (tertiary/aromatic N) is 2. The lowest BCUT2D eigenvalue weighted by Gasteiger charge is -2.31. The number of carbonyl (C=O) groups excluding carboxylic acids is 3. The molecule has 0 aromatic heterocycles. The van der Waals surface area contributed by atoms with Crippen LogP contribution in [0.4, 0.5) is 5.69 Å². The zero-order chi connectivity index (χ0) is 18.7. The van der Waals surface area contributed by atoms with Gasteiger partial charge < -0.3 is 15.1 Å². The minimum absolute atomic E-state index is 0.00902. The van der Waals surface area contributed by atoms with Crippen LogP contribution >= 0.6 is 0 Å². The molecule has 0 radical (unpaired) electrons. The van der Waals surface area contributed by atoms with Gasteiger partial charge in [-0.05, 0) is 49.4 Å². The average molecular weight is 357 g/mol. The van der Waals surface area contributed by atoms with E-state index in [0.717, 1.165) is 24.1 Å². The monoisotopic (exact) mass is 357 g/mol. The second-order valence-corrected chi connectivity index (χ2v) is 7.12. The quantitative estimate of drug-likeness (QED) is 0.896. The average Bonchev–Trinajstić information content (AvgIpc) is 3.09. The van der Waals surface area contributed by atoms with Crippen molar-refractivity contribution in [1.82, 2.24) is 10.2 Å². The fraction of sp³-hybridized carbons (Fsp3) is 0.550. The molecule has 1 N–H and O–H groups in total. The third-order valence-electron chi connectivity index (χ3n) is 5.30. The summed E-state index contributed by atoms with van der Waals surface area (Å²) in [6.07, 6.45) is 3.15. The summed E-state index contributed by atoms with van der Waals surface area (Å²) in [5.74, 6) is 0.170. The molecule has 1 aromatic rings. The number of fused-ring (bicyclic) bond motifs is 1. The third-order valence-corrected chi connectivity index (χ3v) is 5.30. The van der Waals surface area contributed by atoms with E-state index in [-0.39, 0.29) is 23.6 Å². The highest BCUT2D eigenvalue weighted by Gasteiger charge is 2.29. The van der Waals surface area contributed by atoms with Crippen LogP contribution in [0.2, 0.25) is 0 Å². The van der Waals surface area contributed by atoms with Crippen LogP contribution in [-0.2, 0) is 16.0 Å². The summed E-state index contributed by atoms with van der Waals surface area (Å²) in [6, 6.07) is 5.60. The van der Waals surface area contributed by atoms with Gasteiger partial charge in [0.2, 0.25) is 11.8 Å². The zero-order valence-electron chi connectivity index (χ0n) is 15.6. The van der Waals surface area contributed by atoms with E-state index in [1.54, 1.807) is 11.8 Å². The van der Waals surface area contributed by atoms with Crippen LogP contribution in [0.3, 0.4) is 0 Å². The van der Waals surface area contributed by atoms with E-state index >= 15 is 0 Å². The Hall–Kier alpha value is -2.37. The number of amides is 3. The molecule has 6 nitrogen and oxygen atoms in total. The minimum Gasteiger partial charge on any atom is -0.356 e. The summed E-state index contributed by atoms with van der Waals surface area (Å²) in [7, 11) is 0. The maximum absolute atomic E-state index is 12.8. The molecule has 2 heterocycles. The van der Waals surface area contributed by atoms with Gasteiger partial charge >= 0.3 is 0 Å². The second kappa shape index (κ2) is 7.89. The minimum atomic E-state index is 0.00902. The molecule has 1 saturated heterocycles. The molecule has 6 heteroatoms. The Balaban J connectivity index is 1.61. The van der Waals surface area contributed by atoms with Gasteiger partial charge in [-0.3, -0.25) is 14.4 Å². The lowest BCUT2D eigenvalue weighted by molar-refractivity contribution is -0.126. The largest absolute Gasteiger partial charge is 0.356 e. The second-order valence-electron chi connectivity index (χ2n) is 7.12. The summed E-state index contributed by atoms with van der Waals surface area (Å²) in [5, 5.41) is 2.94. The first kappa shape index (κ1) is 18.4. The number of piperidine rings is 1. The van der Waals surface area contributed by atoms with Crippen molar-refractivity contribution >= 4 is 23.4 Å². The summed E-state index contributed by atoms with van der Waals surface area (Å²) < 4.78 is 0. The highest BCUT2D eigenvalue weighted by molar-refractivity contribution is 5.98. The fourth-order valence-corrected chi connectivity index (χ4v) is 3.78. The predicted molar refractivity (Wildman–Crippen MR) is 100 cm³/mol. The van der Waals surface area contributed by atoms with E-state index in [1.807, 2.05) is 30.0 Å². The predicted octanol–water partition coefficient (Wildman–Crippen LogP) is 1.97. The smallest absolute Gasteiger partial charge is 0.253 e. The lowest BCUT2D eigenvalue weighted by atomic mass is 9.95. The Morgan fingerprint density at radius 2 is 1.88 bits per heavy atom. The van der Waals surface area contributed by atoms with Gasteiger partial charge in [0.05, 0.1) is 0 Å². The number of hydrogen-bond acceptors (Lipinski definition) is 3. The number of hydrogen-bond donors (Lipinski definition) is 1. The standard InChI is InChI=1S/C20H27N3O3/c1-3-9-21-19(25)15-6-10-22(11-7-15)20(26)17-4-5-18-16(13-17)8-12-23(18)14(2)24/h4-5,13,15H,3,6-12H2,1-2H3,(H,21,25). The van der Waals surface area contributed by atoms with E-state index in [9.17, 15) is 14.4 Å². The van der Waals surface area contributed by atoms with Crippen LogP contribution in [0.5, 0.6) is 0 Å². The van der Waals surface area contributed by atoms with Crippen LogP contribution in [0.15, 0.2) is 18.2 Å². The number of likely N-dealkylation sites (tertiary alicyclic amines) is 1. The SMILES string of the molecule is CCCNC(=O)C1CCN(C(=O)c2ccc3c(c2)CCN3C(C)=O)CC1. The van der Waals surface area contributed by atoms with Crippen molar-refractivity contribution < 1.29 is 14.4 Å². The van der Waals surface area contributed by atoms with Gasteiger partial charge in [-0.1, -0.05) is 6.92 Å². The van der Waals surface area contributed by atoms with E-state index in [4.69, 9.17) is 0 Å². The molecule has 1 aromatic carbocycles. The van der Waals surface area contributed by atoms with E-state index in [1.165, 1.54) is 0 Å². The van der Waals surface area contributed by atoms with Crippen molar-refractivity contribution in [2.75, 3.05) is 31.1 Å². The molecule has 0 atom stereocenters.